The van der Waals surface area contributed by atoms with Crippen LogP contribution in [0.15, 0.2) is 82.5 Å². The summed E-state index contributed by atoms with van der Waals surface area (Å²) in [5, 5.41) is 3.72. The predicted octanol–water partition coefficient (Wildman–Crippen LogP) is 28.1. The molecule has 7 atom stereocenters. The highest BCUT2D eigenvalue weighted by molar-refractivity contribution is 5.61. The number of likely N-dealkylation sites (N-methyl/N-ethyl adjacent to an activating group) is 1. The molecule has 7 unspecified atom stereocenters. The maximum absolute atomic E-state index is 7.46. The number of ether oxygens (including phenoxy) is 4. The van der Waals surface area contributed by atoms with Gasteiger partial charge in [0.15, 0.2) is 11.6 Å². The van der Waals surface area contributed by atoms with E-state index >= 15 is 0 Å². The van der Waals surface area contributed by atoms with E-state index in [1.165, 1.54) is 327 Å². The number of nitrogens with two attached hydrogens (primary N) is 1. The molecule has 3 aliphatic heterocycles. The first kappa shape index (κ1) is 94.8. The van der Waals surface area contributed by atoms with E-state index in [0.717, 1.165) is 115 Å². The van der Waals surface area contributed by atoms with Crippen molar-refractivity contribution in [3.8, 4) is 0 Å². The molecule has 3 heterocycles. The SMILES string of the molecule is CCCCCC=CCCCCCCCCCCCC1(CCCCCCCCC=CCC=CCCCC(C)C(C)CCCC=CCC=CCCCCCCCCC2(CCCCCCCCCCCCCCCCCC)OC3CC(N(C)CCC(CN)N=N)CC3O2)OCC(CCN(C)CC2=CCC=NC2)O1. The summed E-state index contributed by atoms with van der Waals surface area (Å²) in [6.45, 7) is 14.6. The molecule has 3 fully saturated rings. The number of rotatable bonds is 75. The van der Waals surface area contributed by atoms with Gasteiger partial charge < -0.3 is 34.5 Å². The van der Waals surface area contributed by atoms with Crippen LogP contribution in [-0.4, -0.2) is 111 Å². The predicted molar refractivity (Wildman–Crippen MR) is 456 cm³/mol. The molecule has 0 aromatic heterocycles. The highest BCUT2D eigenvalue weighted by atomic mass is 16.8. The van der Waals surface area contributed by atoms with Crippen molar-refractivity contribution in [2.24, 2.45) is 27.7 Å². The van der Waals surface area contributed by atoms with Gasteiger partial charge in [0.1, 0.15) is 0 Å². The number of nitrogens with one attached hydrogen (secondary N) is 1. The molecule has 105 heavy (non-hydrogen) atoms. The molecule has 0 amide bonds. The Morgan fingerprint density at radius 2 is 0.848 bits per heavy atom. The summed E-state index contributed by atoms with van der Waals surface area (Å²) in [6, 6.07) is 0.391. The van der Waals surface area contributed by atoms with Crippen molar-refractivity contribution in [3.63, 3.8) is 0 Å². The van der Waals surface area contributed by atoms with E-state index in [4.69, 9.17) is 30.2 Å². The van der Waals surface area contributed by atoms with Gasteiger partial charge in [0.2, 0.25) is 0 Å². The maximum Gasteiger partial charge on any atom is 0.169 e. The Morgan fingerprint density at radius 1 is 0.476 bits per heavy atom. The third kappa shape index (κ3) is 49.4. The fourth-order valence-corrected chi connectivity index (χ4v) is 16.9. The lowest BCUT2D eigenvalue weighted by Gasteiger charge is -2.32. The van der Waals surface area contributed by atoms with Gasteiger partial charge in [-0.15, -0.1) is 0 Å². The van der Waals surface area contributed by atoms with Gasteiger partial charge in [-0.05, 0) is 173 Å². The molecular weight excluding hydrogens is 1290 g/mol. The molecule has 0 aromatic rings. The van der Waals surface area contributed by atoms with Crippen LogP contribution in [0.4, 0.5) is 0 Å². The molecule has 0 aromatic carbocycles. The van der Waals surface area contributed by atoms with Crippen molar-refractivity contribution in [3.05, 3.63) is 72.4 Å². The van der Waals surface area contributed by atoms with E-state index in [-0.39, 0.29) is 35.9 Å². The number of nitrogens with zero attached hydrogens (tertiary/aromatic N) is 4. The summed E-state index contributed by atoms with van der Waals surface area (Å²) in [5.41, 5.74) is 14.8. The molecule has 4 aliphatic rings. The minimum absolute atomic E-state index is 0.0730. The lowest BCUT2D eigenvalue weighted by Crippen LogP contribution is -2.37. The molecule has 1 aliphatic carbocycles. The second-order valence-corrected chi connectivity index (χ2v) is 34.0. The zero-order chi connectivity index (χ0) is 74.9. The molecular formula is C95H174N6O4. The first-order valence-corrected chi connectivity index (χ1v) is 46.2. The fraction of sp³-hybridized carbons (Fsp3) is 0.863. The Hall–Kier alpha value is -2.57. The van der Waals surface area contributed by atoms with Gasteiger partial charge >= 0.3 is 0 Å². The molecule has 1 saturated carbocycles. The Bertz CT molecular complexity index is 2200. The second kappa shape index (κ2) is 66.1. The van der Waals surface area contributed by atoms with Crippen LogP contribution in [0.1, 0.15) is 419 Å². The average Bonchev–Trinajstić information content (AvgIpc) is 1.63. The van der Waals surface area contributed by atoms with E-state index in [2.05, 4.69) is 129 Å². The van der Waals surface area contributed by atoms with Crippen molar-refractivity contribution >= 4 is 6.21 Å². The summed E-state index contributed by atoms with van der Waals surface area (Å²) in [6.07, 6.45) is 107. The van der Waals surface area contributed by atoms with Crippen LogP contribution in [0.3, 0.4) is 0 Å². The number of fused-ring (bicyclic) bond motifs is 1. The van der Waals surface area contributed by atoms with Crippen molar-refractivity contribution in [1.29, 1.82) is 5.53 Å². The summed E-state index contributed by atoms with van der Waals surface area (Å²) in [7, 11) is 4.46. The number of unbranched alkanes of at least 4 members (excludes halogenated alkanes) is 41. The number of allylic oxidation sites excluding steroid dienone is 11. The van der Waals surface area contributed by atoms with Crippen LogP contribution in [0, 0.1) is 17.4 Å². The zero-order valence-electron chi connectivity index (χ0n) is 70.3. The lowest BCUT2D eigenvalue weighted by molar-refractivity contribution is -0.193. The molecule has 0 radical (unpaired) electrons. The summed E-state index contributed by atoms with van der Waals surface area (Å²) in [4.78, 5) is 9.38. The Labute approximate surface area is 651 Å². The third-order valence-electron chi connectivity index (χ3n) is 24.3. The van der Waals surface area contributed by atoms with E-state index < -0.39 is 0 Å². The number of aliphatic imine (C=N–C) groups is 1. The summed E-state index contributed by atoms with van der Waals surface area (Å²) in [5.74, 6) is 0.851. The molecule has 0 bridgehead atoms. The monoisotopic (exact) mass is 1460 g/mol. The second-order valence-electron chi connectivity index (χ2n) is 34.0. The Balaban J connectivity index is 0.955. The highest BCUT2D eigenvalue weighted by Crippen LogP contribution is 2.45. The smallest absolute Gasteiger partial charge is 0.169 e. The number of hydrogen-bond acceptors (Lipinski definition) is 10. The number of hydrogen-bond donors (Lipinski definition) is 2. The van der Waals surface area contributed by atoms with Gasteiger partial charge in [-0.3, -0.25) is 4.99 Å². The molecule has 4 rings (SSSR count). The van der Waals surface area contributed by atoms with Crippen molar-refractivity contribution in [2.75, 3.05) is 53.4 Å². The molecule has 3 N–H and O–H groups in total. The summed E-state index contributed by atoms with van der Waals surface area (Å²) < 4.78 is 27.6. The van der Waals surface area contributed by atoms with Gasteiger partial charge in [-0.2, -0.15) is 5.11 Å². The van der Waals surface area contributed by atoms with E-state index in [0.29, 0.717) is 12.6 Å². The van der Waals surface area contributed by atoms with Crippen LogP contribution < -0.4 is 5.73 Å². The summed E-state index contributed by atoms with van der Waals surface area (Å²) >= 11 is 0. The van der Waals surface area contributed by atoms with Gasteiger partial charge in [0.25, 0.3) is 0 Å². The van der Waals surface area contributed by atoms with Gasteiger partial charge in [0, 0.05) is 70.5 Å². The van der Waals surface area contributed by atoms with Gasteiger partial charge in [-0.1, -0.05) is 313 Å². The number of dihydropyridines is 1. The van der Waals surface area contributed by atoms with Crippen LogP contribution >= 0.6 is 0 Å². The minimum Gasteiger partial charge on any atom is -0.347 e. The maximum atomic E-state index is 7.46. The standard InChI is InChI=1S/C95H174N6O4/c1-7-9-11-13-15-17-19-21-23-27-33-39-45-51-57-63-73-94(102-85-91(103-94)72-78-100(5)84-88-70-67-77-98-83-88)74-64-58-52-46-40-34-29-25-31-37-43-49-55-61-68-86(3)87(4)69-62-56-50-44-38-32-26-30-36-42-48-54-60-66-76-95(75-65-59-53-47-41-35-28-24-22-20-18-16-14-12-10-8-2)104-92-80-90(81-93(92)105-95)101(6)79-71-89(82-96)99-97/h15,17,25-26,31-32,43-44,49-50,70,77,86-87,89-93,97H,7-14,16,18-24,27-30,33-42,45-48,51-69,71-76,78-85,96H2,1-6H3. The fourth-order valence-electron chi connectivity index (χ4n) is 16.9. The molecule has 608 valence electrons. The van der Waals surface area contributed by atoms with Crippen LogP contribution in [-0.2, 0) is 18.9 Å². The van der Waals surface area contributed by atoms with Gasteiger partial charge in [-0.25, -0.2) is 5.53 Å². The van der Waals surface area contributed by atoms with E-state index in [9.17, 15) is 0 Å². The van der Waals surface area contributed by atoms with Crippen LogP contribution in [0.25, 0.3) is 0 Å². The molecule has 10 heteroatoms. The molecule has 2 saturated heterocycles. The van der Waals surface area contributed by atoms with Crippen molar-refractivity contribution in [1.82, 2.24) is 9.80 Å². The Kier molecular flexibility index (Phi) is 59.7. The Morgan fingerprint density at radius 3 is 1.25 bits per heavy atom. The first-order chi connectivity index (χ1) is 51.6. The average molecular weight is 1460 g/mol. The minimum atomic E-state index is -0.383. The quantitative estimate of drug-likeness (QED) is 0.0354. The topological polar surface area (TPSA) is 118 Å². The third-order valence-corrected chi connectivity index (χ3v) is 24.3. The van der Waals surface area contributed by atoms with E-state index in [1.54, 1.807) is 0 Å². The van der Waals surface area contributed by atoms with Crippen molar-refractivity contribution in [2.45, 2.75) is 461 Å². The molecule has 10 nitrogen and oxygen atoms in total. The van der Waals surface area contributed by atoms with Crippen molar-refractivity contribution < 1.29 is 18.9 Å². The first-order valence-electron chi connectivity index (χ1n) is 46.2. The van der Waals surface area contributed by atoms with Crippen LogP contribution in [0.2, 0.25) is 0 Å². The normalized spacial score (nSPS) is 21.6. The van der Waals surface area contributed by atoms with Gasteiger partial charge in [0.05, 0.1) is 37.5 Å². The zero-order valence-corrected chi connectivity index (χ0v) is 70.3. The van der Waals surface area contributed by atoms with Crippen LogP contribution in [0.5, 0.6) is 0 Å². The largest absolute Gasteiger partial charge is 0.347 e. The lowest BCUT2D eigenvalue weighted by atomic mass is 9.87. The van der Waals surface area contributed by atoms with E-state index in [1.807, 2.05) is 6.21 Å². The highest BCUT2D eigenvalue weighted by Gasteiger charge is 2.52. The molecule has 0 spiro atoms.